The van der Waals surface area contributed by atoms with E-state index in [1.165, 1.54) is 0 Å². The zero-order chi connectivity index (χ0) is 23.7. The monoisotopic (exact) mass is 468 g/mol. The Hall–Kier alpha value is -3.19. The number of aliphatic carboxylic acids is 1. The molecule has 2 aliphatic heterocycles. The van der Waals surface area contributed by atoms with Gasteiger partial charge in [0.05, 0.1) is 22.4 Å². The minimum absolute atomic E-state index is 0.0740. The van der Waals surface area contributed by atoms with Gasteiger partial charge in [0.25, 0.3) is 5.91 Å². The summed E-state index contributed by atoms with van der Waals surface area (Å²) >= 11 is 6.57. The Balaban J connectivity index is 1.61. The molecule has 8 heteroatoms. The number of carbonyl (C=O) groups excluding carboxylic acids is 2. The molecule has 0 bridgehead atoms. The van der Waals surface area contributed by atoms with Crippen LogP contribution in [0.2, 0.25) is 5.02 Å². The number of piperidine rings is 1. The molecule has 1 fully saturated rings. The van der Waals surface area contributed by atoms with E-state index in [1.54, 1.807) is 21.6 Å². The highest BCUT2D eigenvalue weighted by molar-refractivity contribution is 6.34. The van der Waals surface area contributed by atoms with Crippen molar-refractivity contribution in [1.29, 1.82) is 0 Å². The van der Waals surface area contributed by atoms with Crippen molar-refractivity contribution in [3.8, 4) is 0 Å². The zero-order valence-corrected chi connectivity index (χ0v) is 19.4. The number of carboxylic acids is 1. The fourth-order valence-electron chi connectivity index (χ4n) is 4.53. The molecular weight excluding hydrogens is 442 g/mol. The third-order valence-electron chi connectivity index (χ3n) is 6.37. The van der Waals surface area contributed by atoms with E-state index in [1.807, 2.05) is 44.3 Å². The van der Waals surface area contributed by atoms with Gasteiger partial charge in [0.2, 0.25) is 0 Å². The molecule has 2 amide bonds. The molecule has 1 aromatic carbocycles. The number of hydrogen-bond acceptors (Lipinski definition) is 3. The van der Waals surface area contributed by atoms with E-state index in [9.17, 15) is 19.5 Å². The number of amides is 2. The van der Waals surface area contributed by atoms with Gasteiger partial charge in [-0.3, -0.25) is 9.59 Å². The van der Waals surface area contributed by atoms with Crippen molar-refractivity contribution in [1.82, 2.24) is 9.88 Å². The molecule has 3 heterocycles. The van der Waals surface area contributed by atoms with Crippen LogP contribution in [-0.4, -0.2) is 63.2 Å². The Kier molecular flexibility index (Phi) is 6.51. The van der Waals surface area contributed by atoms with Crippen molar-refractivity contribution in [3.05, 3.63) is 69.5 Å². The second kappa shape index (κ2) is 9.35. The maximum absolute atomic E-state index is 13.0. The van der Waals surface area contributed by atoms with Crippen LogP contribution in [0.4, 0.5) is 0 Å². The summed E-state index contributed by atoms with van der Waals surface area (Å²) in [6, 6.07) is 7.36. The van der Waals surface area contributed by atoms with Crippen LogP contribution in [0.1, 0.15) is 63.4 Å². The van der Waals surface area contributed by atoms with Crippen molar-refractivity contribution >= 4 is 35.6 Å². The summed E-state index contributed by atoms with van der Waals surface area (Å²) in [6.45, 7) is 5.10. The molecule has 0 aliphatic carbocycles. The van der Waals surface area contributed by atoms with Crippen LogP contribution in [0.15, 0.2) is 36.4 Å². The molecule has 2 N–H and O–H groups in total. The van der Waals surface area contributed by atoms with Crippen LogP contribution >= 0.6 is 11.6 Å². The predicted molar refractivity (Wildman–Crippen MR) is 125 cm³/mol. The molecular formula is C25H27ClN3O4+. The van der Waals surface area contributed by atoms with Crippen molar-refractivity contribution < 1.29 is 24.1 Å². The summed E-state index contributed by atoms with van der Waals surface area (Å²) in [6.07, 6.45) is 6.62. The van der Waals surface area contributed by atoms with Gasteiger partial charge in [-0.1, -0.05) is 23.7 Å². The van der Waals surface area contributed by atoms with Crippen LogP contribution in [0, 0.1) is 12.8 Å². The van der Waals surface area contributed by atoms with Crippen molar-refractivity contribution in [2.45, 2.75) is 32.6 Å². The third-order valence-corrected chi connectivity index (χ3v) is 6.69. The molecule has 2 aromatic rings. The minimum Gasteiger partial charge on any atom is -0.481 e. The Morgan fingerprint density at radius 3 is 2.64 bits per heavy atom. The number of carboxylic acid groups (broad SMARTS) is 1. The lowest BCUT2D eigenvalue weighted by Crippen LogP contribution is -2.40. The second-order valence-electron chi connectivity index (χ2n) is 8.58. The number of aromatic amines is 1. The van der Waals surface area contributed by atoms with Crippen molar-refractivity contribution in [2.75, 3.05) is 19.6 Å². The van der Waals surface area contributed by atoms with Gasteiger partial charge < -0.3 is 15.0 Å². The van der Waals surface area contributed by atoms with E-state index in [0.29, 0.717) is 48.8 Å². The molecule has 1 saturated heterocycles. The summed E-state index contributed by atoms with van der Waals surface area (Å²) in [7, 11) is 0. The normalized spacial score (nSPS) is 19.0. The molecule has 0 saturated carbocycles. The molecule has 2 aliphatic rings. The van der Waals surface area contributed by atoms with Crippen LogP contribution in [0.5, 0.6) is 0 Å². The average molecular weight is 469 g/mol. The molecule has 1 aromatic heterocycles. The van der Waals surface area contributed by atoms with E-state index >= 15 is 0 Å². The molecule has 1 atom stereocenters. The first kappa shape index (κ1) is 23.0. The van der Waals surface area contributed by atoms with E-state index < -0.39 is 11.9 Å². The van der Waals surface area contributed by atoms with Gasteiger partial charge in [-0.2, -0.15) is 4.58 Å². The number of aryl methyl sites for hydroxylation is 1. The fraction of sp³-hybridized carbons (Fsp3) is 0.360. The first-order chi connectivity index (χ1) is 15.8. The number of H-pyrrole nitrogens is 1. The Morgan fingerprint density at radius 1 is 1.27 bits per heavy atom. The number of carbonyl (C=O) groups is 3. The number of likely N-dealkylation sites (tertiary alicyclic amines) is 1. The molecule has 33 heavy (non-hydrogen) atoms. The molecule has 0 spiro atoms. The third kappa shape index (κ3) is 4.50. The van der Waals surface area contributed by atoms with Gasteiger partial charge in [0, 0.05) is 24.3 Å². The zero-order valence-electron chi connectivity index (χ0n) is 18.7. The Labute approximate surface area is 197 Å². The number of benzene rings is 1. The highest BCUT2D eigenvalue weighted by Gasteiger charge is 2.36. The number of fused-ring (bicyclic) bond motifs is 1. The molecule has 0 radical (unpaired) electrons. The maximum atomic E-state index is 13.0. The summed E-state index contributed by atoms with van der Waals surface area (Å²) in [5.74, 6) is -1.66. The number of allylic oxidation sites excluding steroid dienone is 1. The highest BCUT2D eigenvalue weighted by Crippen LogP contribution is 2.33. The Bertz CT molecular complexity index is 1170. The first-order valence-corrected chi connectivity index (χ1v) is 11.5. The SMILES string of the molecule is C/C=C/C[N+]1=CC(c2ccc(C(=O)N3CCC(C(=O)O)CC3)c(Cl)c2)c2cc(C)[nH]c2C1=O. The minimum atomic E-state index is -0.811. The molecule has 172 valence electrons. The van der Waals surface area contributed by atoms with Crippen LogP contribution < -0.4 is 0 Å². The lowest BCUT2D eigenvalue weighted by molar-refractivity contribution is -0.415. The van der Waals surface area contributed by atoms with Crippen molar-refractivity contribution in [2.24, 2.45) is 5.92 Å². The van der Waals surface area contributed by atoms with Crippen LogP contribution in [-0.2, 0) is 4.79 Å². The Morgan fingerprint density at radius 2 is 2.00 bits per heavy atom. The molecule has 7 nitrogen and oxygen atoms in total. The first-order valence-electron chi connectivity index (χ1n) is 11.1. The second-order valence-corrected chi connectivity index (χ2v) is 8.99. The van der Waals surface area contributed by atoms with Gasteiger partial charge >= 0.3 is 11.9 Å². The van der Waals surface area contributed by atoms with E-state index in [4.69, 9.17) is 11.6 Å². The quantitative estimate of drug-likeness (QED) is 0.514. The standard InChI is InChI=1S/C25H26ClN3O4/c1-3-4-9-29-14-20(19-12-15(2)27-22(19)24(29)31)17-5-6-18(21(26)13-17)23(30)28-10-7-16(8-11-28)25(32)33/h3-6,12-14,16,20H,7-11H2,1-2H3,(H-,27,31,32,33)/p+1/b4-3+. The number of halogens is 1. The summed E-state index contributed by atoms with van der Waals surface area (Å²) in [5, 5.41) is 9.52. The highest BCUT2D eigenvalue weighted by atomic mass is 35.5. The largest absolute Gasteiger partial charge is 0.481 e. The van der Waals surface area contributed by atoms with E-state index in [0.717, 1.165) is 16.8 Å². The summed E-state index contributed by atoms with van der Waals surface area (Å²) < 4.78 is 1.68. The van der Waals surface area contributed by atoms with Gasteiger partial charge in [0.1, 0.15) is 0 Å². The average Bonchev–Trinajstić information content (AvgIpc) is 3.20. The lowest BCUT2D eigenvalue weighted by atomic mass is 9.89. The van der Waals surface area contributed by atoms with Gasteiger partial charge in [-0.15, -0.1) is 0 Å². The van der Waals surface area contributed by atoms with Gasteiger partial charge in [-0.25, -0.2) is 4.79 Å². The number of nitrogens with zero attached hydrogens (tertiary/aromatic N) is 2. The number of hydrogen-bond donors (Lipinski definition) is 2. The lowest BCUT2D eigenvalue weighted by Gasteiger charge is -2.30. The van der Waals surface area contributed by atoms with Gasteiger partial charge in [0.15, 0.2) is 18.5 Å². The van der Waals surface area contributed by atoms with E-state index in [2.05, 4.69) is 4.98 Å². The predicted octanol–water partition coefficient (Wildman–Crippen LogP) is 3.86. The summed E-state index contributed by atoms with van der Waals surface area (Å²) in [4.78, 5) is 41.9. The molecule has 4 rings (SSSR count). The van der Waals surface area contributed by atoms with Crippen molar-refractivity contribution in [3.63, 3.8) is 0 Å². The topological polar surface area (TPSA) is 93.5 Å². The van der Waals surface area contributed by atoms with Gasteiger partial charge in [-0.05, 0) is 56.5 Å². The summed E-state index contributed by atoms with van der Waals surface area (Å²) in [5.41, 5.74) is 3.65. The van der Waals surface area contributed by atoms with E-state index in [-0.39, 0.29) is 17.7 Å². The van der Waals surface area contributed by atoms with Crippen LogP contribution in [0.3, 0.4) is 0 Å². The number of rotatable bonds is 5. The maximum Gasteiger partial charge on any atom is 0.436 e. The fourth-order valence-corrected chi connectivity index (χ4v) is 4.80. The number of aromatic nitrogens is 1. The molecule has 1 unspecified atom stereocenters. The number of nitrogens with one attached hydrogen (secondary N) is 1. The smallest absolute Gasteiger partial charge is 0.436 e. The van der Waals surface area contributed by atoms with Crippen LogP contribution in [0.25, 0.3) is 0 Å².